The molecule has 1 saturated heterocycles. The Morgan fingerprint density at radius 3 is 2.71 bits per heavy atom. The fraction of sp³-hybridized carbons (Fsp3) is 0.579. The maximum atomic E-state index is 13.1. The van der Waals surface area contributed by atoms with Gasteiger partial charge in [-0.15, -0.1) is 0 Å². The summed E-state index contributed by atoms with van der Waals surface area (Å²) in [6, 6.07) is 8.02. The second-order valence-corrected chi connectivity index (χ2v) is 7.81. The van der Waals surface area contributed by atoms with Crippen molar-refractivity contribution in [3.05, 3.63) is 34.6 Å². The van der Waals surface area contributed by atoms with Crippen molar-refractivity contribution >= 4 is 22.7 Å². The number of aromatic nitrogens is 2. The van der Waals surface area contributed by atoms with Gasteiger partial charge in [-0.05, 0) is 44.2 Å². The number of nitrogens with zero attached hydrogens (tertiary/aromatic N) is 2. The molecule has 4 rings (SSSR count). The molecule has 5 heteroatoms. The normalized spacial score (nSPS) is 22.2. The molecule has 128 valence electrons. The zero-order valence-corrected chi connectivity index (χ0v) is 14.8. The molecule has 1 aliphatic heterocycles. The number of rotatable bonds is 4. The van der Waals surface area contributed by atoms with Crippen LogP contribution in [0.5, 0.6) is 0 Å². The van der Waals surface area contributed by atoms with Crippen LogP contribution < -0.4 is 5.56 Å². The summed E-state index contributed by atoms with van der Waals surface area (Å²) in [6.45, 7) is 0.867. The summed E-state index contributed by atoms with van der Waals surface area (Å²) in [6.07, 6.45) is 8.42. The van der Waals surface area contributed by atoms with Gasteiger partial charge >= 0.3 is 0 Å². The van der Waals surface area contributed by atoms with Crippen molar-refractivity contribution in [2.75, 3.05) is 12.4 Å². The van der Waals surface area contributed by atoms with E-state index in [1.165, 1.54) is 25.7 Å². The molecule has 1 saturated carbocycles. The predicted molar refractivity (Wildman–Crippen MR) is 97.8 cm³/mol. The number of fused-ring (bicyclic) bond motifs is 1. The molecule has 1 unspecified atom stereocenters. The van der Waals surface area contributed by atoms with E-state index >= 15 is 0 Å². The van der Waals surface area contributed by atoms with Crippen LogP contribution in [0.25, 0.3) is 10.9 Å². The molecule has 0 N–H and O–H groups in total. The highest BCUT2D eigenvalue weighted by Gasteiger charge is 2.24. The van der Waals surface area contributed by atoms with Gasteiger partial charge in [0.25, 0.3) is 5.56 Å². The average molecular weight is 344 g/mol. The maximum absolute atomic E-state index is 13.1. The standard InChI is InChI=1S/C19H24N2O2S/c22-18-16-10-3-4-11-17(16)20-19(21(18)14-7-1-2-8-14)24-13-15-9-5-6-12-23-15/h3-4,10-11,14-15H,1-2,5-9,12-13H2. The molecule has 0 radical (unpaired) electrons. The van der Waals surface area contributed by atoms with Crippen LogP contribution >= 0.6 is 11.8 Å². The van der Waals surface area contributed by atoms with Crippen molar-refractivity contribution in [3.63, 3.8) is 0 Å². The van der Waals surface area contributed by atoms with E-state index in [9.17, 15) is 4.79 Å². The van der Waals surface area contributed by atoms with E-state index in [1.54, 1.807) is 11.8 Å². The third kappa shape index (κ3) is 3.24. The molecule has 2 fully saturated rings. The van der Waals surface area contributed by atoms with E-state index in [0.717, 1.165) is 47.7 Å². The summed E-state index contributed by atoms with van der Waals surface area (Å²) in [5, 5.41) is 1.61. The predicted octanol–water partition coefficient (Wildman–Crippen LogP) is 4.17. The Balaban J connectivity index is 1.68. The smallest absolute Gasteiger partial charge is 0.262 e. The third-order valence-electron chi connectivity index (χ3n) is 5.14. The summed E-state index contributed by atoms with van der Waals surface area (Å²) in [5.74, 6) is 0.886. The number of ether oxygens (including phenoxy) is 1. The molecule has 0 bridgehead atoms. The fourth-order valence-electron chi connectivity index (χ4n) is 3.82. The highest BCUT2D eigenvalue weighted by molar-refractivity contribution is 7.99. The van der Waals surface area contributed by atoms with Gasteiger partial charge in [-0.25, -0.2) is 4.98 Å². The van der Waals surface area contributed by atoms with Crippen LogP contribution in [0.3, 0.4) is 0 Å². The Kier molecular flexibility index (Phi) is 4.90. The van der Waals surface area contributed by atoms with Gasteiger partial charge < -0.3 is 4.74 Å². The van der Waals surface area contributed by atoms with E-state index < -0.39 is 0 Å². The number of para-hydroxylation sites is 1. The van der Waals surface area contributed by atoms with Gasteiger partial charge in [0, 0.05) is 18.4 Å². The van der Waals surface area contributed by atoms with Crippen LogP contribution in [0.15, 0.2) is 34.2 Å². The van der Waals surface area contributed by atoms with Crippen molar-refractivity contribution in [2.45, 2.75) is 62.2 Å². The first-order valence-corrected chi connectivity index (χ1v) is 10.1. The van der Waals surface area contributed by atoms with Crippen LogP contribution in [0.1, 0.15) is 51.0 Å². The highest BCUT2D eigenvalue weighted by atomic mass is 32.2. The molecule has 2 aliphatic rings. The van der Waals surface area contributed by atoms with Crippen molar-refractivity contribution < 1.29 is 4.74 Å². The Bertz CT molecular complexity index is 762. The molecule has 0 spiro atoms. The molecule has 1 aliphatic carbocycles. The topological polar surface area (TPSA) is 44.1 Å². The first-order valence-electron chi connectivity index (χ1n) is 9.08. The lowest BCUT2D eigenvalue weighted by Gasteiger charge is -2.23. The lowest BCUT2D eigenvalue weighted by atomic mass is 10.1. The van der Waals surface area contributed by atoms with Gasteiger partial charge in [0.2, 0.25) is 0 Å². The number of hydrogen-bond acceptors (Lipinski definition) is 4. The van der Waals surface area contributed by atoms with E-state index in [0.29, 0.717) is 12.1 Å². The second-order valence-electron chi connectivity index (χ2n) is 6.82. The molecular formula is C19H24N2O2S. The van der Waals surface area contributed by atoms with Crippen LogP contribution in [0.4, 0.5) is 0 Å². The number of benzene rings is 1. The molecule has 4 nitrogen and oxygen atoms in total. The van der Waals surface area contributed by atoms with Gasteiger partial charge in [0.1, 0.15) is 0 Å². The van der Waals surface area contributed by atoms with Crippen molar-refractivity contribution in [3.8, 4) is 0 Å². The fourth-order valence-corrected chi connectivity index (χ4v) is 4.95. The first kappa shape index (κ1) is 16.2. The van der Waals surface area contributed by atoms with Crippen LogP contribution in [-0.2, 0) is 4.74 Å². The van der Waals surface area contributed by atoms with E-state index in [-0.39, 0.29) is 5.56 Å². The molecule has 2 aromatic rings. The van der Waals surface area contributed by atoms with Gasteiger partial charge in [0.05, 0.1) is 17.0 Å². The zero-order chi connectivity index (χ0) is 16.4. The highest BCUT2D eigenvalue weighted by Crippen LogP contribution is 2.32. The molecule has 24 heavy (non-hydrogen) atoms. The van der Waals surface area contributed by atoms with Crippen molar-refractivity contribution in [2.24, 2.45) is 0 Å². The van der Waals surface area contributed by atoms with Crippen LogP contribution in [0.2, 0.25) is 0 Å². The Labute approximate surface area is 146 Å². The van der Waals surface area contributed by atoms with E-state index in [1.807, 2.05) is 28.8 Å². The van der Waals surface area contributed by atoms with Gasteiger partial charge in [0.15, 0.2) is 5.16 Å². The molecule has 1 aromatic carbocycles. The summed E-state index contributed by atoms with van der Waals surface area (Å²) in [7, 11) is 0. The van der Waals surface area contributed by atoms with Crippen molar-refractivity contribution in [1.29, 1.82) is 0 Å². The number of thioether (sulfide) groups is 1. The molecular weight excluding hydrogens is 320 g/mol. The molecule has 1 aromatic heterocycles. The summed E-state index contributed by atoms with van der Waals surface area (Å²) in [5.41, 5.74) is 0.934. The third-order valence-corrected chi connectivity index (χ3v) is 6.22. The summed E-state index contributed by atoms with van der Waals surface area (Å²) in [4.78, 5) is 17.9. The minimum absolute atomic E-state index is 0.125. The average Bonchev–Trinajstić information content (AvgIpc) is 3.15. The van der Waals surface area contributed by atoms with Gasteiger partial charge in [-0.2, -0.15) is 0 Å². The monoisotopic (exact) mass is 344 g/mol. The lowest BCUT2D eigenvalue weighted by Crippen LogP contribution is -2.27. The SMILES string of the molecule is O=c1c2ccccc2nc(SCC2CCCCO2)n1C1CCCC1. The first-order chi connectivity index (χ1) is 11.8. The quantitative estimate of drug-likeness (QED) is 0.617. The summed E-state index contributed by atoms with van der Waals surface area (Å²) >= 11 is 1.70. The summed E-state index contributed by atoms with van der Waals surface area (Å²) < 4.78 is 7.82. The minimum atomic E-state index is 0.125. The molecule has 0 amide bonds. The van der Waals surface area contributed by atoms with Crippen LogP contribution in [-0.4, -0.2) is 28.0 Å². The minimum Gasteiger partial charge on any atom is -0.377 e. The maximum Gasteiger partial charge on any atom is 0.262 e. The van der Waals surface area contributed by atoms with Crippen LogP contribution in [0, 0.1) is 0 Å². The van der Waals surface area contributed by atoms with Gasteiger partial charge in [-0.3, -0.25) is 9.36 Å². The Morgan fingerprint density at radius 2 is 1.92 bits per heavy atom. The lowest BCUT2D eigenvalue weighted by molar-refractivity contribution is 0.0315. The number of hydrogen-bond donors (Lipinski definition) is 0. The van der Waals surface area contributed by atoms with E-state index in [4.69, 9.17) is 9.72 Å². The molecule has 2 heterocycles. The zero-order valence-electron chi connectivity index (χ0n) is 13.9. The van der Waals surface area contributed by atoms with Crippen molar-refractivity contribution in [1.82, 2.24) is 9.55 Å². The van der Waals surface area contributed by atoms with E-state index in [2.05, 4.69) is 0 Å². The second kappa shape index (κ2) is 7.28. The van der Waals surface area contributed by atoms with Gasteiger partial charge in [-0.1, -0.05) is 36.7 Å². The Morgan fingerprint density at radius 1 is 1.12 bits per heavy atom. The molecule has 1 atom stereocenters. The Hall–Kier alpha value is -1.33. The largest absolute Gasteiger partial charge is 0.377 e.